The smallest absolute Gasteiger partial charge is 0.257 e. The second kappa shape index (κ2) is 12.8. The molecule has 0 aliphatic carbocycles. The van der Waals surface area contributed by atoms with E-state index in [0.29, 0.717) is 42.4 Å². The number of nitrogens with one attached hydrogen (secondary N) is 1. The molecule has 1 aliphatic heterocycles. The van der Waals surface area contributed by atoms with E-state index in [1.807, 2.05) is 56.3 Å². The minimum Gasteiger partial charge on any atom is -0.491 e. The molecule has 0 unspecified atom stereocenters. The minimum atomic E-state index is -0.362. The van der Waals surface area contributed by atoms with Gasteiger partial charge in [-0.3, -0.25) is 14.9 Å². The van der Waals surface area contributed by atoms with Crippen molar-refractivity contribution < 1.29 is 18.7 Å². The van der Waals surface area contributed by atoms with Crippen LogP contribution < -0.4 is 15.0 Å². The van der Waals surface area contributed by atoms with Crippen molar-refractivity contribution in [3.8, 4) is 5.75 Å². The van der Waals surface area contributed by atoms with E-state index < -0.39 is 0 Å². The Kier molecular flexibility index (Phi) is 8.72. The molecule has 226 valence electrons. The van der Waals surface area contributed by atoms with Crippen molar-refractivity contribution in [3.63, 3.8) is 0 Å². The van der Waals surface area contributed by atoms with Crippen LogP contribution in [0.2, 0.25) is 0 Å². The lowest BCUT2D eigenvalue weighted by atomic mass is 9.94. The van der Waals surface area contributed by atoms with Gasteiger partial charge in [-0.2, -0.15) is 0 Å². The highest BCUT2D eigenvalue weighted by molar-refractivity contribution is 7.22. The van der Waals surface area contributed by atoms with Crippen molar-refractivity contribution in [2.24, 2.45) is 0 Å². The van der Waals surface area contributed by atoms with Crippen molar-refractivity contribution in [3.05, 3.63) is 99.3 Å². The highest BCUT2D eigenvalue weighted by Gasteiger charge is 2.26. The molecular formula is C34H33FN4O3S2. The van der Waals surface area contributed by atoms with E-state index in [1.165, 1.54) is 35.7 Å². The first-order valence-corrected chi connectivity index (χ1v) is 16.4. The molecule has 1 aliphatic rings. The number of anilines is 2. The molecule has 44 heavy (non-hydrogen) atoms. The Hall–Kier alpha value is -4.15. The number of rotatable bonds is 10. The van der Waals surface area contributed by atoms with Gasteiger partial charge in [-0.25, -0.2) is 14.4 Å². The fourth-order valence-corrected chi connectivity index (χ4v) is 7.41. The highest BCUT2D eigenvalue weighted by Crippen LogP contribution is 2.34. The van der Waals surface area contributed by atoms with Gasteiger partial charge in [-0.05, 0) is 72.2 Å². The van der Waals surface area contributed by atoms with Gasteiger partial charge in [0.1, 0.15) is 5.69 Å². The number of Topliss-reactive ketones (excluding diaryl/α,β-unsaturated/α-hetero) is 1. The van der Waals surface area contributed by atoms with Gasteiger partial charge in [0.05, 0.1) is 16.8 Å². The van der Waals surface area contributed by atoms with E-state index in [9.17, 15) is 14.0 Å². The molecule has 7 nitrogen and oxygen atoms in total. The van der Waals surface area contributed by atoms with E-state index >= 15 is 0 Å². The molecule has 0 spiro atoms. The number of nitrogens with zero attached hydrogens (tertiary/aromatic N) is 3. The normalized spacial score (nSPS) is 12.9. The summed E-state index contributed by atoms with van der Waals surface area (Å²) < 4.78 is 21.2. The summed E-state index contributed by atoms with van der Waals surface area (Å²) in [5.41, 5.74) is 4.95. The van der Waals surface area contributed by atoms with Crippen LogP contribution in [0.4, 0.5) is 14.7 Å². The van der Waals surface area contributed by atoms with Gasteiger partial charge in [0, 0.05) is 30.5 Å². The predicted molar refractivity (Wildman–Crippen MR) is 175 cm³/mol. The van der Waals surface area contributed by atoms with Crippen molar-refractivity contribution >= 4 is 54.8 Å². The minimum absolute atomic E-state index is 0.0907. The van der Waals surface area contributed by atoms with Crippen molar-refractivity contribution in [1.82, 2.24) is 9.97 Å². The monoisotopic (exact) mass is 628 g/mol. The number of hydrogen-bond acceptors (Lipinski definition) is 8. The lowest BCUT2D eigenvalue weighted by molar-refractivity contribution is 0.100. The molecule has 0 bridgehead atoms. The van der Waals surface area contributed by atoms with Crippen LogP contribution in [-0.4, -0.2) is 34.8 Å². The summed E-state index contributed by atoms with van der Waals surface area (Å²) in [5, 5.41) is 4.31. The zero-order valence-electron chi connectivity index (χ0n) is 24.9. The van der Waals surface area contributed by atoms with Gasteiger partial charge >= 0.3 is 0 Å². The summed E-state index contributed by atoms with van der Waals surface area (Å²) in [6.45, 7) is 7.14. The van der Waals surface area contributed by atoms with Crippen LogP contribution in [0.1, 0.15) is 75.5 Å². The van der Waals surface area contributed by atoms with Crippen LogP contribution in [0, 0.1) is 5.82 Å². The summed E-state index contributed by atoms with van der Waals surface area (Å²) in [5.74, 6) is -0.166. The molecule has 0 radical (unpaired) electrons. The van der Waals surface area contributed by atoms with Gasteiger partial charge in [0.2, 0.25) is 0 Å². The topological polar surface area (TPSA) is 84.4 Å². The molecule has 0 saturated carbocycles. The Morgan fingerprint density at radius 2 is 1.91 bits per heavy atom. The first kappa shape index (κ1) is 29.9. The molecule has 0 saturated heterocycles. The molecule has 1 amide bonds. The number of hydrogen-bond donors (Lipinski definition) is 1. The Labute approximate surface area is 263 Å². The summed E-state index contributed by atoms with van der Waals surface area (Å²) in [4.78, 5) is 38.2. The van der Waals surface area contributed by atoms with Gasteiger partial charge in [-0.15, -0.1) is 11.3 Å². The van der Waals surface area contributed by atoms with Gasteiger partial charge in [-0.1, -0.05) is 55.5 Å². The number of amides is 1. The fourth-order valence-electron chi connectivity index (χ4n) is 5.37. The number of carbonyl (C=O) groups excluding carboxylic acids is 2. The highest BCUT2D eigenvalue weighted by atomic mass is 32.1. The first-order chi connectivity index (χ1) is 21.3. The lowest BCUT2D eigenvalue weighted by Crippen LogP contribution is -2.32. The zero-order chi connectivity index (χ0) is 30.8. The van der Waals surface area contributed by atoms with Crippen LogP contribution in [0.15, 0.2) is 60.7 Å². The summed E-state index contributed by atoms with van der Waals surface area (Å²) in [6.07, 6.45) is 1.97. The third-order valence-electron chi connectivity index (χ3n) is 7.75. The number of aryl methyl sites for hydroxylation is 1. The Bertz CT molecular complexity index is 1810. The number of halogens is 1. The molecule has 1 N–H and O–H groups in total. The summed E-state index contributed by atoms with van der Waals surface area (Å²) in [6, 6.07) is 18.7. The lowest BCUT2D eigenvalue weighted by Gasteiger charge is -2.29. The standard InChI is InChI=1S/C34H33FN4O3S2/c1-20(2)23-13-14-28(26(35)18-23)42-17-7-12-30-31(21(3)40)37-34(44-30)39-16-15-22-8-6-9-24(25(22)19-39)32(41)38-33-36-27-10-4-5-11-29(27)43-33/h4-6,8-11,13-14,18,20H,7,12,15-17,19H2,1-3H3,(H,36,38,41). The second-order valence-electron chi connectivity index (χ2n) is 11.2. The second-order valence-corrected chi connectivity index (χ2v) is 13.3. The Morgan fingerprint density at radius 1 is 1.07 bits per heavy atom. The molecule has 10 heteroatoms. The molecular weight excluding hydrogens is 596 g/mol. The molecule has 6 rings (SSSR count). The van der Waals surface area contributed by atoms with Gasteiger partial charge < -0.3 is 9.64 Å². The van der Waals surface area contributed by atoms with E-state index in [0.717, 1.165) is 49.9 Å². The summed E-state index contributed by atoms with van der Waals surface area (Å²) >= 11 is 2.95. The van der Waals surface area contributed by atoms with Crippen LogP contribution >= 0.6 is 22.7 Å². The largest absolute Gasteiger partial charge is 0.491 e. The maximum absolute atomic E-state index is 14.5. The SMILES string of the molecule is CC(=O)c1nc(N2CCc3cccc(C(=O)Nc4nc5ccccc5s4)c3C2)sc1CCCOc1ccc(C(C)C)cc1F. The van der Waals surface area contributed by atoms with Crippen molar-refractivity contribution in [2.45, 2.75) is 52.5 Å². The summed E-state index contributed by atoms with van der Waals surface area (Å²) in [7, 11) is 0. The number of benzene rings is 3. The molecule has 3 aromatic carbocycles. The fraction of sp³-hybridized carbons (Fsp3) is 0.294. The molecule has 3 heterocycles. The molecule has 5 aromatic rings. The Balaban J connectivity index is 1.14. The number of ketones is 1. The number of aromatic nitrogens is 2. The van der Waals surface area contributed by atoms with Crippen molar-refractivity contribution in [2.75, 3.05) is 23.4 Å². The van der Waals surface area contributed by atoms with E-state index in [2.05, 4.69) is 21.3 Å². The maximum Gasteiger partial charge on any atom is 0.257 e. The quantitative estimate of drug-likeness (QED) is 0.124. The van der Waals surface area contributed by atoms with Gasteiger partial charge in [0.25, 0.3) is 5.91 Å². The maximum atomic E-state index is 14.5. The average Bonchev–Trinajstić information content (AvgIpc) is 3.63. The predicted octanol–water partition coefficient (Wildman–Crippen LogP) is 8.04. The number of carbonyl (C=O) groups is 2. The first-order valence-electron chi connectivity index (χ1n) is 14.7. The van der Waals surface area contributed by atoms with Crippen LogP contribution in [0.25, 0.3) is 10.2 Å². The average molecular weight is 629 g/mol. The van der Waals surface area contributed by atoms with Crippen LogP contribution in [-0.2, 0) is 19.4 Å². The van der Waals surface area contributed by atoms with Crippen molar-refractivity contribution in [1.29, 1.82) is 0 Å². The van der Waals surface area contributed by atoms with E-state index in [-0.39, 0.29) is 29.2 Å². The van der Waals surface area contributed by atoms with E-state index in [4.69, 9.17) is 9.72 Å². The van der Waals surface area contributed by atoms with Crippen LogP contribution in [0.3, 0.4) is 0 Å². The Morgan fingerprint density at radius 3 is 2.68 bits per heavy atom. The van der Waals surface area contributed by atoms with Gasteiger partial charge in [0.15, 0.2) is 27.6 Å². The molecule has 0 fully saturated rings. The van der Waals surface area contributed by atoms with Crippen LogP contribution in [0.5, 0.6) is 5.75 Å². The third-order valence-corrected chi connectivity index (χ3v) is 9.88. The number of thiazole rings is 2. The number of para-hydroxylation sites is 1. The third kappa shape index (κ3) is 6.37. The molecule has 0 atom stereocenters. The molecule has 2 aromatic heterocycles. The number of ether oxygens (including phenoxy) is 1. The zero-order valence-corrected chi connectivity index (χ0v) is 26.5. The number of fused-ring (bicyclic) bond motifs is 2. The van der Waals surface area contributed by atoms with E-state index in [1.54, 1.807) is 6.07 Å².